The Morgan fingerprint density at radius 2 is 1.79 bits per heavy atom. The molecule has 1 rings (SSSR count). The Morgan fingerprint density at radius 3 is 2.43 bits per heavy atom. The molecule has 1 heterocycles. The van der Waals surface area contributed by atoms with Gasteiger partial charge in [0.15, 0.2) is 0 Å². The first kappa shape index (κ1) is 12.0. The number of hydrogen-bond acceptors (Lipinski definition) is 1. The normalized spacial score (nSPS) is 20.1. The van der Waals surface area contributed by atoms with E-state index in [0.29, 0.717) is 0 Å². The van der Waals surface area contributed by atoms with Crippen LogP contribution in [-0.4, -0.2) is 24.5 Å². The maximum Gasteiger partial charge on any atom is 0.000702 e. The zero-order valence-electron chi connectivity index (χ0n) is 10.1. The topological polar surface area (TPSA) is 3.24 Å². The van der Waals surface area contributed by atoms with Crippen LogP contribution < -0.4 is 0 Å². The van der Waals surface area contributed by atoms with Gasteiger partial charge in [0.25, 0.3) is 0 Å². The van der Waals surface area contributed by atoms with E-state index in [0.717, 1.165) is 5.92 Å². The highest BCUT2D eigenvalue weighted by molar-refractivity contribution is 4.68. The molecule has 84 valence electrons. The van der Waals surface area contributed by atoms with Crippen LogP contribution in [0.15, 0.2) is 0 Å². The Morgan fingerprint density at radius 1 is 1.07 bits per heavy atom. The molecule has 0 aromatic rings. The van der Waals surface area contributed by atoms with Gasteiger partial charge in [-0.3, -0.25) is 0 Å². The van der Waals surface area contributed by atoms with Gasteiger partial charge in [-0.05, 0) is 38.3 Å². The minimum Gasteiger partial charge on any atom is -0.303 e. The van der Waals surface area contributed by atoms with Crippen molar-refractivity contribution in [3.63, 3.8) is 0 Å². The SMILES string of the molecule is CCCCCCC(C)CN1CCCC1. The van der Waals surface area contributed by atoms with E-state index in [1.54, 1.807) is 0 Å². The van der Waals surface area contributed by atoms with Crippen LogP contribution in [0.4, 0.5) is 0 Å². The molecule has 0 aromatic carbocycles. The monoisotopic (exact) mass is 197 g/mol. The summed E-state index contributed by atoms with van der Waals surface area (Å²) in [5.74, 6) is 0.921. The van der Waals surface area contributed by atoms with Crippen LogP contribution in [0.3, 0.4) is 0 Å². The molecule has 0 spiro atoms. The molecule has 0 saturated carbocycles. The van der Waals surface area contributed by atoms with Crippen molar-refractivity contribution in [2.45, 2.75) is 58.8 Å². The average molecular weight is 197 g/mol. The van der Waals surface area contributed by atoms with E-state index in [1.165, 1.54) is 64.6 Å². The molecule has 1 heteroatoms. The molecule has 14 heavy (non-hydrogen) atoms. The lowest BCUT2D eigenvalue weighted by atomic mass is 10.0. The molecule has 0 amide bonds. The summed E-state index contributed by atoms with van der Waals surface area (Å²) in [4.78, 5) is 2.64. The summed E-state index contributed by atoms with van der Waals surface area (Å²) in [7, 11) is 0. The quantitative estimate of drug-likeness (QED) is 0.563. The molecular weight excluding hydrogens is 170 g/mol. The van der Waals surface area contributed by atoms with Crippen LogP contribution >= 0.6 is 0 Å². The number of hydrogen-bond donors (Lipinski definition) is 0. The van der Waals surface area contributed by atoms with Gasteiger partial charge in [0.05, 0.1) is 0 Å². The van der Waals surface area contributed by atoms with Gasteiger partial charge < -0.3 is 4.90 Å². The van der Waals surface area contributed by atoms with E-state index in [-0.39, 0.29) is 0 Å². The Hall–Kier alpha value is -0.0400. The second-order valence-corrected chi connectivity index (χ2v) is 4.96. The van der Waals surface area contributed by atoms with E-state index in [9.17, 15) is 0 Å². The van der Waals surface area contributed by atoms with Crippen molar-refractivity contribution in [3.8, 4) is 0 Å². The van der Waals surface area contributed by atoms with E-state index in [1.807, 2.05) is 0 Å². The van der Waals surface area contributed by atoms with Crippen molar-refractivity contribution in [2.24, 2.45) is 5.92 Å². The highest BCUT2D eigenvalue weighted by Gasteiger charge is 2.13. The van der Waals surface area contributed by atoms with Gasteiger partial charge in [0, 0.05) is 6.54 Å². The van der Waals surface area contributed by atoms with Gasteiger partial charge in [-0.2, -0.15) is 0 Å². The summed E-state index contributed by atoms with van der Waals surface area (Å²) in [5.41, 5.74) is 0. The number of likely N-dealkylation sites (tertiary alicyclic amines) is 1. The summed E-state index contributed by atoms with van der Waals surface area (Å²) in [5, 5.41) is 0. The van der Waals surface area contributed by atoms with E-state index in [2.05, 4.69) is 18.7 Å². The fourth-order valence-electron chi connectivity index (χ4n) is 2.42. The summed E-state index contributed by atoms with van der Waals surface area (Å²) < 4.78 is 0. The lowest BCUT2D eigenvalue weighted by Crippen LogP contribution is -2.25. The molecule has 1 nitrogen and oxygen atoms in total. The van der Waals surface area contributed by atoms with Gasteiger partial charge >= 0.3 is 0 Å². The molecule has 1 aliphatic rings. The van der Waals surface area contributed by atoms with Crippen molar-refractivity contribution in [1.29, 1.82) is 0 Å². The van der Waals surface area contributed by atoms with Crippen LogP contribution in [0.1, 0.15) is 58.8 Å². The maximum absolute atomic E-state index is 2.64. The number of rotatable bonds is 7. The Kier molecular flexibility index (Phi) is 6.25. The van der Waals surface area contributed by atoms with Crippen molar-refractivity contribution in [1.82, 2.24) is 4.90 Å². The van der Waals surface area contributed by atoms with Gasteiger partial charge in [-0.15, -0.1) is 0 Å². The lowest BCUT2D eigenvalue weighted by Gasteiger charge is -2.19. The molecule has 0 aromatic heterocycles. The number of unbranched alkanes of at least 4 members (excludes halogenated alkanes) is 3. The fraction of sp³-hybridized carbons (Fsp3) is 1.00. The largest absolute Gasteiger partial charge is 0.303 e. The van der Waals surface area contributed by atoms with Crippen molar-refractivity contribution in [3.05, 3.63) is 0 Å². The lowest BCUT2D eigenvalue weighted by molar-refractivity contribution is 0.276. The Labute approximate surface area is 89.9 Å². The van der Waals surface area contributed by atoms with Crippen molar-refractivity contribution < 1.29 is 0 Å². The van der Waals surface area contributed by atoms with Crippen molar-refractivity contribution in [2.75, 3.05) is 19.6 Å². The standard InChI is InChI=1S/C13H27N/c1-3-4-5-6-9-13(2)12-14-10-7-8-11-14/h13H,3-12H2,1-2H3. The predicted octanol–water partition coefficient (Wildman–Crippen LogP) is 3.69. The second kappa shape index (κ2) is 7.28. The van der Waals surface area contributed by atoms with Crippen LogP contribution in [0, 0.1) is 5.92 Å². The molecule has 1 saturated heterocycles. The molecule has 0 N–H and O–H groups in total. The summed E-state index contributed by atoms with van der Waals surface area (Å²) >= 11 is 0. The van der Waals surface area contributed by atoms with Crippen LogP contribution in [0.25, 0.3) is 0 Å². The Balaban J connectivity index is 1.95. The van der Waals surface area contributed by atoms with Gasteiger partial charge in [0.2, 0.25) is 0 Å². The van der Waals surface area contributed by atoms with Crippen LogP contribution in [0.2, 0.25) is 0 Å². The van der Waals surface area contributed by atoms with E-state index < -0.39 is 0 Å². The third-order valence-corrected chi connectivity index (χ3v) is 3.32. The van der Waals surface area contributed by atoms with Gasteiger partial charge in [-0.25, -0.2) is 0 Å². The van der Waals surface area contributed by atoms with Gasteiger partial charge in [-0.1, -0.05) is 39.5 Å². The van der Waals surface area contributed by atoms with Crippen molar-refractivity contribution >= 4 is 0 Å². The molecule has 0 radical (unpaired) electrons. The molecule has 1 fully saturated rings. The minimum absolute atomic E-state index is 0.921. The molecule has 1 atom stereocenters. The molecular formula is C13H27N. The van der Waals surface area contributed by atoms with E-state index >= 15 is 0 Å². The molecule has 0 aliphatic carbocycles. The highest BCUT2D eigenvalue weighted by atomic mass is 15.1. The third kappa shape index (κ3) is 4.99. The third-order valence-electron chi connectivity index (χ3n) is 3.32. The first-order valence-electron chi connectivity index (χ1n) is 6.55. The summed E-state index contributed by atoms with van der Waals surface area (Å²) in [6.45, 7) is 8.78. The fourth-order valence-corrected chi connectivity index (χ4v) is 2.42. The first-order chi connectivity index (χ1) is 6.83. The zero-order valence-corrected chi connectivity index (χ0v) is 10.1. The molecule has 1 aliphatic heterocycles. The van der Waals surface area contributed by atoms with Crippen LogP contribution in [-0.2, 0) is 0 Å². The smallest absolute Gasteiger partial charge is 0.000702 e. The highest BCUT2D eigenvalue weighted by Crippen LogP contribution is 2.15. The Bertz CT molecular complexity index is 127. The molecule has 1 unspecified atom stereocenters. The number of nitrogens with zero attached hydrogens (tertiary/aromatic N) is 1. The predicted molar refractivity (Wildman–Crippen MR) is 63.6 cm³/mol. The summed E-state index contributed by atoms with van der Waals surface area (Å²) in [6, 6.07) is 0. The molecule has 0 bridgehead atoms. The first-order valence-corrected chi connectivity index (χ1v) is 6.55. The zero-order chi connectivity index (χ0) is 10.2. The van der Waals surface area contributed by atoms with Crippen LogP contribution in [0.5, 0.6) is 0 Å². The average Bonchev–Trinajstić information content (AvgIpc) is 2.65. The maximum atomic E-state index is 2.64. The second-order valence-electron chi connectivity index (χ2n) is 4.96. The van der Waals surface area contributed by atoms with E-state index in [4.69, 9.17) is 0 Å². The minimum atomic E-state index is 0.921. The van der Waals surface area contributed by atoms with Gasteiger partial charge in [0.1, 0.15) is 0 Å². The summed E-state index contributed by atoms with van der Waals surface area (Å²) in [6.07, 6.45) is 9.99.